The Kier molecular flexibility index (Phi) is 3.29. The van der Waals surface area contributed by atoms with Gasteiger partial charge in [-0.05, 0) is 37.7 Å². The van der Waals surface area contributed by atoms with Gasteiger partial charge in [0.2, 0.25) is 0 Å². The summed E-state index contributed by atoms with van der Waals surface area (Å²) < 4.78 is 5.55. The molecule has 3 rings (SSSR count). The van der Waals surface area contributed by atoms with Gasteiger partial charge in [0.1, 0.15) is 5.58 Å². The first-order valence-electron chi connectivity index (χ1n) is 6.32. The number of likely N-dealkylation sites (N-methyl/N-ethyl adjacent to an activating group) is 1. The summed E-state index contributed by atoms with van der Waals surface area (Å²) in [4.78, 5) is 2.34. The van der Waals surface area contributed by atoms with Crippen molar-refractivity contribution in [2.24, 2.45) is 0 Å². The second-order valence-corrected chi connectivity index (χ2v) is 5.32. The number of hydrogen-bond acceptors (Lipinski definition) is 3. The zero-order valence-corrected chi connectivity index (χ0v) is 11.2. The van der Waals surface area contributed by atoms with E-state index < -0.39 is 0 Å². The van der Waals surface area contributed by atoms with Crippen molar-refractivity contribution in [1.82, 2.24) is 10.2 Å². The third kappa shape index (κ3) is 2.26. The average molecular weight is 265 g/mol. The van der Waals surface area contributed by atoms with Crippen LogP contribution in [0.25, 0.3) is 11.0 Å². The predicted molar refractivity (Wildman–Crippen MR) is 74.0 cm³/mol. The Labute approximate surface area is 112 Å². The maximum atomic E-state index is 6.16. The normalized spacial score (nSPS) is 20.9. The molecule has 3 nitrogen and oxygen atoms in total. The van der Waals surface area contributed by atoms with E-state index >= 15 is 0 Å². The Morgan fingerprint density at radius 3 is 3.06 bits per heavy atom. The van der Waals surface area contributed by atoms with Crippen LogP contribution >= 0.6 is 11.6 Å². The van der Waals surface area contributed by atoms with Gasteiger partial charge < -0.3 is 14.6 Å². The molecule has 1 fully saturated rings. The number of likely N-dealkylation sites (tertiary alicyclic amines) is 1. The maximum Gasteiger partial charge on any atom is 0.199 e. The quantitative estimate of drug-likeness (QED) is 0.924. The van der Waals surface area contributed by atoms with Gasteiger partial charge in [-0.3, -0.25) is 0 Å². The van der Waals surface area contributed by atoms with E-state index in [1.807, 2.05) is 18.2 Å². The van der Waals surface area contributed by atoms with Crippen molar-refractivity contribution in [3.63, 3.8) is 0 Å². The number of halogens is 1. The van der Waals surface area contributed by atoms with Crippen molar-refractivity contribution in [3.05, 3.63) is 35.0 Å². The van der Waals surface area contributed by atoms with Gasteiger partial charge in [0.05, 0.1) is 0 Å². The smallest absolute Gasteiger partial charge is 0.199 e. The molecule has 1 unspecified atom stereocenters. The number of nitrogens with one attached hydrogen (secondary N) is 1. The second-order valence-electron chi connectivity index (χ2n) is 4.98. The fourth-order valence-corrected chi connectivity index (χ4v) is 2.83. The van der Waals surface area contributed by atoms with Gasteiger partial charge >= 0.3 is 0 Å². The number of benzene rings is 1. The van der Waals surface area contributed by atoms with Crippen molar-refractivity contribution in [2.75, 3.05) is 20.1 Å². The number of hydrogen-bond donors (Lipinski definition) is 1. The van der Waals surface area contributed by atoms with Crippen LogP contribution in [0.4, 0.5) is 0 Å². The third-order valence-electron chi connectivity index (χ3n) is 3.61. The van der Waals surface area contributed by atoms with Gasteiger partial charge in [-0.1, -0.05) is 18.2 Å². The monoisotopic (exact) mass is 264 g/mol. The van der Waals surface area contributed by atoms with Gasteiger partial charge in [0, 0.05) is 30.1 Å². The van der Waals surface area contributed by atoms with Gasteiger partial charge in [-0.25, -0.2) is 0 Å². The molecule has 1 aliphatic heterocycles. The first-order chi connectivity index (χ1) is 8.74. The highest BCUT2D eigenvalue weighted by Crippen LogP contribution is 2.29. The van der Waals surface area contributed by atoms with E-state index in [-0.39, 0.29) is 0 Å². The lowest BCUT2D eigenvalue weighted by Crippen LogP contribution is -2.30. The number of nitrogens with zero attached hydrogens (tertiary/aromatic N) is 1. The Bertz CT molecular complexity index is 552. The zero-order valence-electron chi connectivity index (χ0n) is 10.4. The van der Waals surface area contributed by atoms with Crippen LogP contribution in [-0.4, -0.2) is 31.1 Å². The molecule has 2 aromatic rings. The van der Waals surface area contributed by atoms with E-state index in [0.29, 0.717) is 11.3 Å². The summed E-state index contributed by atoms with van der Waals surface area (Å²) in [5.74, 6) is 0. The van der Waals surface area contributed by atoms with Crippen molar-refractivity contribution < 1.29 is 4.42 Å². The summed E-state index contributed by atoms with van der Waals surface area (Å²) in [5.41, 5.74) is 1.93. The number of fused-ring (bicyclic) bond motifs is 1. The van der Waals surface area contributed by atoms with Crippen LogP contribution in [0.3, 0.4) is 0 Å². The SMILES string of the molecule is CN1CCC(NCc2c(Cl)oc3ccccc23)C1. The average Bonchev–Trinajstić information content (AvgIpc) is 2.90. The van der Waals surface area contributed by atoms with E-state index in [2.05, 4.69) is 23.3 Å². The van der Waals surface area contributed by atoms with Crippen molar-refractivity contribution in [2.45, 2.75) is 19.0 Å². The van der Waals surface area contributed by atoms with E-state index in [1.54, 1.807) is 0 Å². The maximum absolute atomic E-state index is 6.16. The molecule has 1 N–H and O–H groups in total. The van der Waals surface area contributed by atoms with E-state index in [0.717, 1.165) is 36.2 Å². The van der Waals surface area contributed by atoms with Gasteiger partial charge in [-0.15, -0.1) is 0 Å². The molecule has 1 aromatic heterocycles. The summed E-state index contributed by atoms with van der Waals surface area (Å²) in [6, 6.07) is 8.54. The van der Waals surface area contributed by atoms with E-state index in [4.69, 9.17) is 16.0 Å². The van der Waals surface area contributed by atoms with Crippen LogP contribution in [0.2, 0.25) is 5.22 Å². The predicted octanol–water partition coefficient (Wildman–Crippen LogP) is 2.88. The molecular weight excluding hydrogens is 248 g/mol. The van der Waals surface area contributed by atoms with E-state index in [1.165, 1.54) is 6.42 Å². The highest BCUT2D eigenvalue weighted by molar-refractivity contribution is 6.30. The summed E-state index contributed by atoms with van der Waals surface area (Å²) >= 11 is 6.16. The largest absolute Gasteiger partial charge is 0.444 e. The van der Waals surface area contributed by atoms with Crippen LogP contribution in [-0.2, 0) is 6.54 Å². The number of para-hydroxylation sites is 1. The molecule has 4 heteroatoms. The first-order valence-corrected chi connectivity index (χ1v) is 6.69. The van der Waals surface area contributed by atoms with Crippen LogP contribution in [0.5, 0.6) is 0 Å². The molecule has 2 heterocycles. The molecule has 1 aliphatic rings. The minimum atomic E-state index is 0.509. The molecule has 1 atom stereocenters. The lowest BCUT2D eigenvalue weighted by Gasteiger charge is -2.12. The summed E-state index contributed by atoms with van der Waals surface area (Å²) in [5, 5.41) is 5.18. The highest BCUT2D eigenvalue weighted by Gasteiger charge is 2.20. The zero-order chi connectivity index (χ0) is 12.5. The Hall–Kier alpha value is -1.03. The summed E-state index contributed by atoms with van der Waals surface area (Å²) in [6.07, 6.45) is 1.20. The fraction of sp³-hybridized carbons (Fsp3) is 0.429. The van der Waals surface area contributed by atoms with Crippen LogP contribution in [0, 0.1) is 0 Å². The first kappa shape index (κ1) is 12.0. The standard InChI is InChI=1S/C14H17ClN2O/c1-17-7-6-10(9-17)16-8-12-11-4-2-3-5-13(11)18-14(12)15/h2-5,10,16H,6-9H2,1H3. The Morgan fingerprint density at radius 1 is 1.44 bits per heavy atom. The summed E-state index contributed by atoms with van der Waals surface area (Å²) in [7, 11) is 2.15. The molecule has 0 spiro atoms. The lowest BCUT2D eigenvalue weighted by molar-refractivity contribution is 0.397. The third-order valence-corrected chi connectivity index (χ3v) is 3.91. The molecular formula is C14H17ClN2O. The minimum Gasteiger partial charge on any atom is -0.444 e. The number of furan rings is 1. The molecule has 0 saturated carbocycles. The van der Waals surface area contributed by atoms with Gasteiger partial charge in [-0.2, -0.15) is 0 Å². The number of rotatable bonds is 3. The molecule has 1 aromatic carbocycles. The van der Waals surface area contributed by atoms with E-state index in [9.17, 15) is 0 Å². The fourth-order valence-electron chi connectivity index (χ4n) is 2.58. The molecule has 0 amide bonds. The van der Waals surface area contributed by atoms with Crippen molar-refractivity contribution >= 4 is 22.6 Å². The Morgan fingerprint density at radius 2 is 2.28 bits per heavy atom. The topological polar surface area (TPSA) is 28.4 Å². The second kappa shape index (κ2) is 4.92. The molecule has 96 valence electrons. The van der Waals surface area contributed by atoms with Gasteiger partial charge in [0.25, 0.3) is 0 Å². The summed E-state index contributed by atoms with van der Waals surface area (Å²) in [6.45, 7) is 3.04. The molecule has 18 heavy (non-hydrogen) atoms. The van der Waals surface area contributed by atoms with Crippen LogP contribution in [0.1, 0.15) is 12.0 Å². The van der Waals surface area contributed by atoms with Crippen LogP contribution in [0.15, 0.2) is 28.7 Å². The highest BCUT2D eigenvalue weighted by atomic mass is 35.5. The molecule has 0 aliphatic carbocycles. The molecule has 0 radical (unpaired) electrons. The molecule has 1 saturated heterocycles. The molecule has 0 bridgehead atoms. The Balaban J connectivity index is 1.76. The van der Waals surface area contributed by atoms with Crippen LogP contribution < -0.4 is 5.32 Å². The van der Waals surface area contributed by atoms with Crippen molar-refractivity contribution in [3.8, 4) is 0 Å². The van der Waals surface area contributed by atoms with Gasteiger partial charge in [0.15, 0.2) is 5.22 Å². The minimum absolute atomic E-state index is 0.509. The van der Waals surface area contributed by atoms with Crippen molar-refractivity contribution in [1.29, 1.82) is 0 Å². The lowest BCUT2D eigenvalue weighted by atomic mass is 10.1.